The largest absolute Gasteiger partial charge is 0.464 e. The topological polar surface area (TPSA) is 66.8 Å². The minimum absolute atomic E-state index is 0.267. The summed E-state index contributed by atoms with van der Waals surface area (Å²) in [5.74, 6) is -0.757. The zero-order chi connectivity index (χ0) is 18.4. The summed E-state index contributed by atoms with van der Waals surface area (Å²) < 4.78 is 4.85. The van der Waals surface area contributed by atoms with Crippen LogP contribution in [0.2, 0.25) is 0 Å². The lowest BCUT2D eigenvalue weighted by Crippen LogP contribution is -2.26. The van der Waals surface area contributed by atoms with Gasteiger partial charge in [-0.2, -0.15) is 0 Å². The molecule has 4 nitrogen and oxygen atoms in total. The van der Waals surface area contributed by atoms with Gasteiger partial charge in [-0.3, -0.25) is 0 Å². The summed E-state index contributed by atoms with van der Waals surface area (Å²) in [4.78, 5) is 11.1. The van der Waals surface area contributed by atoms with Crippen LogP contribution in [-0.4, -0.2) is 35.5 Å². The van der Waals surface area contributed by atoms with Crippen LogP contribution in [0, 0.1) is 0 Å². The van der Waals surface area contributed by atoms with E-state index in [0.29, 0.717) is 0 Å². The predicted molar refractivity (Wildman–Crippen MR) is 98.7 cm³/mol. The normalized spacial score (nSPS) is 13.6. The Morgan fingerprint density at radius 2 is 1.50 bits per heavy atom. The lowest BCUT2D eigenvalue weighted by molar-refractivity contribution is -0.155. The Morgan fingerprint density at radius 3 is 2.04 bits per heavy atom. The van der Waals surface area contributed by atoms with Crippen molar-refractivity contribution in [2.75, 3.05) is 13.2 Å². The first kappa shape index (κ1) is 22.6. The summed E-state index contributed by atoms with van der Waals surface area (Å²) in [7, 11) is 0. The summed E-state index contributed by atoms with van der Waals surface area (Å²) in [6, 6.07) is 0. The molecule has 0 amide bonds. The minimum atomic E-state index is -1.42. The highest BCUT2D eigenvalue weighted by molar-refractivity contribution is 5.74. The fourth-order valence-electron chi connectivity index (χ4n) is 2.11. The van der Waals surface area contributed by atoms with Gasteiger partial charge in [0, 0.05) is 0 Å². The highest BCUT2D eigenvalue weighted by atomic mass is 16.5. The lowest BCUT2D eigenvalue weighted by Gasteiger charge is -2.07. The standard InChI is InChI=1S/C20H34O4/c1-16(2)9-7-11-18(4)13-8-12-17(3)10-5-6-14-24-20(23)19(22)15-21/h9-10,13,19,21-22H,5-8,11-12,14-15H2,1-4H3. The molecule has 0 heterocycles. The van der Waals surface area contributed by atoms with Gasteiger partial charge in [0.05, 0.1) is 13.2 Å². The van der Waals surface area contributed by atoms with E-state index in [2.05, 4.69) is 45.9 Å². The number of carbonyl (C=O) groups excluding carboxylic acids is 1. The second kappa shape index (κ2) is 14.0. The predicted octanol–water partition coefficient (Wildman–Crippen LogP) is 4.08. The Labute approximate surface area is 146 Å². The highest BCUT2D eigenvalue weighted by Crippen LogP contribution is 2.12. The number of aliphatic hydroxyl groups excluding tert-OH is 2. The van der Waals surface area contributed by atoms with Crippen LogP contribution in [-0.2, 0) is 9.53 Å². The van der Waals surface area contributed by atoms with E-state index in [1.807, 2.05) is 0 Å². The van der Waals surface area contributed by atoms with Crippen molar-refractivity contribution in [1.82, 2.24) is 0 Å². The summed E-state index contributed by atoms with van der Waals surface area (Å²) in [6.07, 6.45) is 11.2. The molecule has 0 radical (unpaired) electrons. The van der Waals surface area contributed by atoms with Gasteiger partial charge in [0.2, 0.25) is 0 Å². The molecule has 0 aliphatic carbocycles. The SMILES string of the molecule is CC(C)=CCCC(C)=CCCC(C)=CCCCOC(=O)C(O)CO. The molecule has 4 heteroatoms. The zero-order valence-corrected chi connectivity index (χ0v) is 15.7. The van der Waals surface area contributed by atoms with E-state index >= 15 is 0 Å². The van der Waals surface area contributed by atoms with Crippen LogP contribution in [0.4, 0.5) is 0 Å². The summed E-state index contributed by atoms with van der Waals surface area (Å²) >= 11 is 0. The maximum atomic E-state index is 11.1. The van der Waals surface area contributed by atoms with E-state index in [-0.39, 0.29) is 6.61 Å². The number of esters is 1. The Hall–Kier alpha value is -1.39. The number of ether oxygens (including phenoxy) is 1. The Morgan fingerprint density at radius 1 is 0.958 bits per heavy atom. The maximum Gasteiger partial charge on any atom is 0.337 e. The van der Waals surface area contributed by atoms with Crippen molar-refractivity contribution in [2.45, 2.75) is 72.3 Å². The molecule has 0 aromatic carbocycles. The van der Waals surface area contributed by atoms with Gasteiger partial charge in [-0.1, -0.05) is 34.9 Å². The molecule has 0 aliphatic heterocycles. The average Bonchev–Trinajstić information content (AvgIpc) is 2.53. The molecule has 24 heavy (non-hydrogen) atoms. The van der Waals surface area contributed by atoms with Gasteiger partial charge < -0.3 is 14.9 Å². The first-order chi connectivity index (χ1) is 11.4. The van der Waals surface area contributed by atoms with Gasteiger partial charge in [-0.15, -0.1) is 0 Å². The molecule has 0 saturated heterocycles. The summed E-state index contributed by atoms with van der Waals surface area (Å²) in [6.45, 7) is 8.23. The van der Waals surface area contributed by atoms with E-state index < -0.39 is 18.7 Å². The fourth-order valence-corrected chi connectivity index (χ4v) is 2.11. The first-order valence-electron chi connectivity index (χ1n) is 8.77. The maximum absolute atomic E-state index is 11.1. The summed E-state index contributed by atoms with van der Waals surface area (Å²) in [5, 5.41) is 17.7. The molecular weight excluding hydrogens is 304 g/mol. The van der Waals surface area contributed by atoms with Crippen molar-refractivity contribution in [1.29, 1.82) is 0 Å². The van der Waals surface area contributed by atoms with Crippen molar-refractivity contribution in [3.8, 4) is 0 Å². The van der Waals surface area contributed by atoms with Gasteiger partial charge in [0.1, 0.15) is 0 Å². The molecule has 0 fully saturated rings. The Balaban J connectivity index is 3.83. The molecule has 2 N–H and O–H groups in total. The third-order valence-corrected chi connectivity index (χ3v) is 3.65. The molecule has 0 aliphatic rings. The fraction of sp³-hybridized carbons (Fsp3) is 0.650. The second-order valence-electron chi connectivity index (χ2n) is 6.47. The van der Waals surface area contributed by atoms with Crippen LogP contribution in [0.25, 0.3) is 0 Å². The molecule has 0 aromatic rings. The van der Waals surface area contributed by atoms with Gasteiger partial charge in [0.25, 0.3) is 0 Å². The molecule has 1 unspecified atom stereocenters. The van der Waals surface area contributed by atoms with Crippen molar-refractivity contribution >= 4 is 5.97 Å². The molecule has 0 bridgehead atoms. The van der Waals surface area contributed by atoms with Gasteiger partial charge in [-0.25, -0.2) is 4.79 Å². The van der Waals surface area contributed by atoms with E-state index in [1.165, 1.54) is 16.7 Å². The van der Waals surface area contributed by atoms with Crippen LogP contribution >= 0.6 is 0 Å². The van der Waals surface area contributed by atoms with Gasteiger partial charge >= 0.3 is 5.97 Å². The quantitative estimate of drug-likeness (QED) is 0.320. The Kier molecular flexibility index (Phi) is 13.2. The second-order valence-corrected chi connectivity index (χ2v) is 6.47. The van der Waals surface area contributed by atoms with Crippen molar-refractivity contribution in [3.63, 3.8) is 0 Å². The average molecular weight is 338 g/mol. The van der Waals surface area contributed by atoms with Gasteiger partial charge in [0.15, 0.2) is 6.10 Å². The van der Waals surface area contributed by atoms with Crippen molar-refractivity contribution in [3.05, 3.63) is 34.9 Å². The van der Waals surface area contributed by atoms with Crippen LogP contribution in [0.15, 0.2) is 34.9 Å². The number of allylic oxidation sites excluding steroid dienone is 6. The highest BCUT2D eigenvalue weighted by Gasteiger charge is 2.14. The number of aliphatic hydroxyl groups is 2. The number of carbonyl (C=O) groups is 1. The third-order valence-electron chi connectivity index (χ3n) is 3.65. The van der Waals surface area contributed by atoms with E-state index in [9.17, 15) is 4.79 Å². The Bertz CT molecular complexity index is 443. The zero-order valence-electron chi connectivity index (χ0n) is 15.7. The monoisotopic (exact) mass is 338 g/mol. The van der Waals surface area contributed by atoms with E-state index in [1.54, 1.807) is 0 Å². The van der Waals surface area contributed by atoms with Crippen molar-refractivity contribution in [2.24, 2.45) is 0 Å². The number of unbranched alkanes of at least 4 members (excludes halogenated alkanes) is 1. The van der Waals surface area contributed by atoms with Crippen molar-refractivity contribution < 1.29 is 19.7 Å². The van der Waals surface area contributed by atoms with Gasteiger partial charge in [-0.05, 0) is 66.2 Å². The third kappa shape index (κ3) is 13.1. The molecule has 0 rings (SSSR count). The summed E-state index contributed by atoms with van der Waals surface area (Å²) in [5.41, 5.74) is 4.15. The number of rotatable bonds is 12. The molecular formula is C20H34O4. The van der Waals surface area contributed by atoms with Crippen LogP contribution in [0.3, 0.4) is 0 Å². The van der Waals surface area contributed by atoms with E-state index in [4.69, 9.17) is 14.9 Å². The van der Waals surface area contributed by atoms with Crippen LogP contribution in [0.1, 0.15) is 66.2 Å². The first-order valence-corrected chi connectivity index (χ1v) is 8.77. The smallest absolute Gasteiger partial charge is 0.337 e. The minimum Gasteiger partial charge on any atom is -0.464 e. The molecule has 0 saturated carbocycles. The lowest BCUT2D eigenvalue weighted by atomic mass is 10.1. The molecule has 0 aromatic heterocycles. The van der Waals surface area contributed by atoms with Crippen LogP contribution in [0.5, 0.6) is 0 Å². The van der Waals surface area contributed by atoms with E-state index in [0.717, 1.165) is 38.5 Å². The number of hydrogen-bond acceptors (Lipinski definition) is 4. The molecule has 1 atom stereocenters. The molecule has 138 valence electrons. The van der Waals surface area contributed by atoms with Crippen LogP contribution < -0.4 is 0 Å². The number of hydrogen-bond donors (Lipinski definition) is 2. The molecule has 0 spiro atoms.